The molecule has 0 unspecified atom stereocenters. The van der Waals surface area contributed by atoms with Crippen LogP contribution in [0.3, 0.4) is 0 Å². The maximum Gasteiger partial charge on any atom is 0.413 e. The smallest absolute Gasteiger partial charge is 0.371 e. The lowest BCUT2D eigenvalue weighted by atomic mass is 9.95. The van der Waals surface area contributed by atoms with Gasteiger partial charge in [0, 0.05) is 31.3 Å². The number of amides is 1. The van der Waals surface area contributed by atoms with Gasteiger partial charge in [-0.05, 0) is 50.6 Å². The number of hydrogen-bond acceptors (Lipinski definition) is 7. The number of aryl methyl sites for hydroxylation is 1. The van der Waals surface area contributed by atoms with E-state index in [4.69, 9.17) is 4.74 Å². The van der Waals surface area contributed by atoms with Crippen LogP contribution in [0.1, 0.15) is 41.1 Å². The number of nitrogens with zero attached hydrogens (tertiary/aromatic N) is 3. The molecule has 1 amide bonds. The number of anilines is 2. The molecule has 1 fully saturated rings. The Morgan fingerprint density at radius 2 is 1.87 bits per heavy atom. The van der Waals surface area contributed by atoms with Gasteiger partial charge in [-0.1, -0.05) is 23.5 Å². The number of fused-ring (bicyclic) bond motifs is 1. The Morgan fingerprint density at radius 3 is 2.45 bits per heavy atom. The number of halogens is 5. The first kappa shape index (κ1) is 28.1. The lowest BCUT2D eigenvalue weighted by Gasteiger charge is -2.34. The van der Waals surface area contributed by atoms with Crippen molar-refractivity contribution in [2.24, 2.45) is 5.92 Å². The van der Waals surface area contributed by atoms with Gasteiger partial charge in [-0.2, -0.15) is 13.2 Å². The molecule has 2 N–H and O–H groups in total. The summed E-state index contributed by atoms with van der Waals surface area (Å²) in [5.41, 5.74) is 0.825. The van der Waals surface area contributed by atoms with Crippen molar-refractivity contribution in [1.82, 2.24) is 20.2 Å². The standard InChI is InChI=1S/C25H28F5N5O2S/c1-13-33-19-18(20(37-3)22(26)27)17(12-32-23(19)38-13)34-16-6-4-14(5-7-16)21(25(28,29)30)35(2)24(36)15-8-10-31-11-9-15/h4-7,12,15,20-22,31,34H,8-11H2,1-3H3/t20-,21+/m1/s1. The van der Waals surface area contributed by atoms with Crippen LogP contribution in [-0.4, -0.2) is 60.6 Å². The molecule has 1 saturated heterocycles. The summed E-state index contributed by atoms with van der Waals surface area (Å²) in [6, 6.07) is 3.23. The fourth-order valence-electron chi connectivity index (χ4n) is 4.75. The normalized spacial score (nSPS) is 16.6. The average Bonchev–Trinajstić information content (AvgIpc) is 3.26. The molecule has 0 spiro atoms. The topological polar surface area (TPSA) is 79.4 Å². The summed E-state index contributed by atoms with van der Waals surface area (Å²) < 4.78 is 75.1. The zero-order valence-corrected chi connectivity index (χ0v) is 21.8. The Bertz CT molecular complexity index is 1260. The summed E-state index contributed by atoms with van der Waals surface area (Å²) in [6.07, 6.45) is -6.79. The Balaban J connectivity index is 1.63. The monoisotopic (exact) mass is 557 g/mol. The van der Waals surface area contributed by atoms with Gasteiger partial charge in [0.05, 0.1) is 16.9 Å². The number of piperidine rings is 1. The molecule has 0 saturated carbocycles. The number of pyridine rings is 1. The van der Waals surface area contributed by atoms with Gasteiger partial charge < -0.3 is 20.3 Å². The van der Waals surface area contributed by atoms with Gasteiger partial charge in [0.2, 0.25) is 5.91 Å². The zero-order chi connectivity index (χ0) is 27.6. The number of nitrogens with one attached hydrogen (secondary N) is 2. The molecule has 3 aromatic rings. The number of alkyl halides is 5. The molecular formula is C25H28F5N5O2S. The number of benzene rings is 1. The Morgan fingerprint density at radius 1 is 1.21 bits per heavy atom. The predicted octanol–water partition coefficient (Wildman–Crippen LogP) is 5.76. The van der Waals surface area contributed by atoms with Crippen molar-refractivity contribution in [2.75, 3.05) is 32.6 Å². The number of carbonyl (C=O) groups is 1. The average molecular weight is 558 g/mol. The molecule has 2 aromatic heterocycles. The van der Waals surface area contributed by atoms with Crippen molar-refractivity contribution in [3.05, 3.63) is 46.6 Å². The number of methoxy groups -OCH3 is 1. The minimum absolute atomic E-state index is 0.112. The van der Waals surface area contributed by atoms with E-state index in [1.165, 1.54) is 56.0 Å². The van der Waals surface area contributed by atoms with Gasteiger partial charge >= 0.3 is 6.18 Å². The Hall–Kier alpha value is -2.90. The van der Waals surface area contributed by atoms with Crippen LogP contribution < -0.4 is 10.6 Å². The van der Waals surface area contributed by atoms with Crippen LogP contribution >= 0.6 is 11.3 Å². The van der Waals surface area contributed by atoms with E-state index in [-0.39, 0.29) is 22.3 Å². The van der Waals surface area contributed by atoms with Crippen LogP contribution in [0.4, 0.5) is 33.3 Å². The second-order valence-electron chi connectivity index (χ2n) is 9.13. The van der Waals surface area contributed by atoms with Crippen LogP contribution in [-0.2, 0) is 9.53 Å². The van der Waals surface area contributed by atoms with Crippen molar-refractivity contribution in [1.29, 1.82) is 0 Å². The van der Waals surface area contributed by atoms with Crippen molar-refractivity contribution in [3.63, 3.8) is 0 Å². The molecular weight excluding hydrogens is 529 g/mol. The molecule has 206 valence electrons. The van der Waals surface area contributed by atoms with Crippen LogP contribution in [0.25, 0.3) is 10.3 Å². The SMILES string of the molecule is CO[C@H](c1c(Nc2ccc([C@H](N(C)C(=O)C3CCNCC3)C(F)(F)F)cc2)cnc2sc(C)nc12)C(F)F. The largest absolute Gasteiger partial charge is 0.413 e. The van der Waals surface area contributed by atoms with Crippen LogP contribution in [0.2, 0.25) is 0 Å². The lowest BCUT2D eigenvalue weighted by molar-refractivity contribution is -0.190. The van der Waals surface area contributed by atoms with E-state index in [9.17, 15) is 26.7 Å². The quantitative estimate of drug-likeness (QED) is 0.343. The molecule has 4 rings (SSSR count). The van der Waals surface area contributed by atoms with Crippen LogP contribution in [0.15, 0.2) is 30.5 Å². The number of carbonyl (C=O) groups excluding carboxylic acids is 1. The second kappa shape index (κ2) is 11.5. The number of thiazole rings is 1. The van der Waals surface area contributed by atoms with Crippen molar-refractivity contribution >= 4 is 39.0 Å². The molecule has 1 aliphatic rings. The van der Waals surface area contributed by atoms with Gasteiger partial charge in [0.1, 0.15) is 16.5 Å². The summed E-state index contributed by atoms with van der Waals surface area (Å²) in [7, 11) is 2.34. The highest BCUT2D eigenvalue weighted by molar-refractivity contribution is 7.18. The molecule has 38 heavy (non-hydrogen) atoms. The van der Waals surface area contributed by atoms with E-state index in [1.54, 1.807) is 6.92 Å². The van der Waals surface area contributed by atoms with E-state index in [0.717, 1.165) is 4.90 Å². The number of aromatic nitrogens is 2. The summed E-state index contributed by atoms with van der Waals surface area (Å²) in [6.45, 7) is 2.90. The number of hydrogen-bond donors (Lipinski definition) is 2. The van der Waals surface area contributed by atoms with Crippen molar-refractivity contribution < 1.29 is 31.5 Å². The van der Waals surface area contributed by atoms with Gasteiger partial charge in [-0.15, -0.1) is 0 Å². The minimum atomic E-state index is -4.69. The fourth-order valence-corrected chi connectivity index (χ4v) is 5.53. The van der Waals surface area contributed by atoms with Crippen molar-refractivity contribution in [3.8, 4) is 0 Å². The molecule has 7 nitrogen and oxygen atoms in total. The van der Waals surface area contributed by atoms with Crippen LogP contribution in [0.5, 0.6) is 0 Å². The highest BCUT2D eigenvalue weighted by atomic mass is 32.1. The molecule has 2 atom stereocenters. The summed E-state index contributed by atoms with van der Waals surface area (Å²) >= 11 is 1.25. The summed E-state index contributed by atoms with van der Waals surface area (Å²) in [5, 5.41) is 6.71. The fraction of sp³-hybridized carbons (Fsp3) is 0.480. The zero-order valence-electron chi connectivity index (χ0n) is 21.0. The molecule has 1 aromatic carbocycles. The third-order valence-corrected chi connectivity index (χ3v) is 7.46. The van der Waals surface area contributed by atoms with Gasteiger partial charge in [-0.25, -0.2) is 18.7 Å². The van der Waals surface area contributed by atoms with E-state index in [1.807, 2.05) is 0 Å². The number of ether oxygens (including phenoxy) is 1. The second-order valence-corrected chi connectivity index (χ2v) is 10.3. The molecule has 0 radical (unpaired) electrons. The molecule has 0 aliphatic carbocycles. The Kier molecular flexibility index (Phi) is 8.48. The van der Waals surface area contributed by atoms with Gasteiger partial charge in [0.25, 0.3) is 6.43 Å². The van der Waals surface area contributed by atoms with Crippen LogP contribution in [0, 0.1) is 12.8 Å². The summed E-state index contributed by atoms with van der Waals surface area (Å²) in [5.74, 6) is -1.01. The third kappa shape index (κ3) is 5.89. The minimum Gasteiger partial charge on any atom is -0.371 e. The van der Waals surface area contributed by atoms with E-state index >= 15 is 0 Å². The van der Waals surface area contributed by atoms with Crippen molar-refractivity contribution in [2.45, 2.75) is 44.5 Å². The third-order valence-electron chi connectivity index (χ3n) is 6.58. The summed E-state index contributed by atoms with van der Waals surface area (Å²) in [4.78, 5) is 22.7. The molecule has 3 heterocycles. The Labute approximate surface area is 220 Å². The number of rotatable bonds is 8. The van der Waals surface area contributed by atoms with E-state index < -0.39 is 36.6 Å². The van der Waals surface area contributed by atoms with E-state index in [0.29, 0.717) is 41.5 Å². The molecule has 1 aliphatic heterocycles. The molecule has 13 heteroatoms. The maximum absolute atomic E-state index is 14.1. The first-order valence-corrected chi connectivity index (χ1v) is 12.8. The highest BCUT2D eigenvalue weighted by Gasteiger charge is 2.46. The first-order valence-electron chi connectivity index (χ1n) is 12.0. The molecule has 0 bridgehead atoms. The van der Waals surface area contributed by atoms with Gasteiger partial charge in [-0.3, -0.25) is 4.79 Å². The highest BCUT2D eigenvalue weighted by Crippen LogP contribution is 2.40. The van der Waals surface area contributed by atoms with Gasteiger partial charge in [0.15, 0.2) is 6.04 Å². The maximum atomic E-state index is 14.1. The predicted molar refractivity (Wildman–Crippen MR) is 135 cm³/mol. The lowest BCUT2D eigenvalue weighted by Crippen LogP contribution is -2.45. The van der Waals surface area contributed by atoms with E-state index in [2.05, 4.69) is 20.6 Å². The first-order chi connectivity index (χ1) is 18.0.